The number of hydrogen-bond donors (Lipinski definition) is 2. The molecule has 2 amide bonds. The maximum Gasteiger partial charge on any atom is 0.329 e. The molecule has 1 aliphatic heterocycles. The van der Waals surface area contributed by atoms with Gasteiger partial charge >= 0.3 is 11.7 Å². The third-order valence-corrected chi connectivity index (χ3v) is 6.07. The van der Waals surface area contributed by atoms with Crippen molar-refractivity contribution >= 4 is 34.1 Å². The number of carbonyl (C=O) groups excluding carboxylic acids is 1. The van der Waals surface area contributed by atoms with Gasteiger partial charge < -0.3 is 20.3 Å². The van der Waals surface area contributed by atoms with Crippen LogP contribution < -0.4 is 26.0 Å². The zero-order valence-corrected chi connectivity index (χ0v) is 19.0. The van der Waals surface area contributed by atoms with E-state index in [1.54, 1.807) is 28.4 Å². The van der Waals surface area contributed by atoms with Crippen LogP contribution in [0.4, 0.5) is 21.9 Å². The molecule has 4 rings (SSSR count). The molecule has 3 aromatic rings. The summed E-state index contributed by atoms with van der Waals surface area (Å²) < 4.78 is 8.89. The van der Waals surface area contributed by atoms with E-state index in [9.17, 15) is 9.59 Å². The molecule has 0 bridgehead atoms. The second-order valence-corrected chi connectivity index (χ2v) is 7.96. The Balaban J connectivity index is 1.75. The Hall–Kier alpha value is -3.42. The lowest BCUT2D eigenvalue weighted by Gasteiger charge is -2.31. The normalized spacial score (nSPS) is 13.9. The van der Waals surface area contributed by atoms with Gasteiger partial charge in [-0.2, -0.15) is 0 Å². The number of hydrogen-bond acceptors (Lipinski definition) is 4. The van der Waals surface area contributed by atoms with Crippen molar-refractivity contribution in [3.63, 3.8) is 0 Å². The number of nitrogens with one attached hydrogen (secondary N) is 2. The molecule has 0 atom stereocenters. The third kappa shape index (κ3) is 4.04. The molecule has 8 heteroatoms. The van der Waals surface area contributed by atoms with Gasteiger partial charge in [0.2, 0.25) is 0 Å². The van der Waals surface area contributed by atoms with Crippen LogP contribution in [0.15, 0.2) is 41.2 Å². The van der Waals surface area contributed by atoms with Crippen molar-refractivity contribution < 1.29 is 9.53 Å². The summed E-state index contributed by atoms with van der Waals surface area (Å²) in [6.07, 6.45) is 3.44. The highest BCUT2D eigenvalue weighted by Gasteiger charge is 2.21. The zero-order chi connectivity index (χ0) is 22.7. The van der Waals surface area contributed by atoms with E-state index in [0.29, 0.717) is 30.2 Å². The van der Waals surface area contributed by atoms with E-state index in [1.165, 1.54) is 6.42 Å². The smallest absolute Gasteiger partial charge is 0.329 e. The highest BCUT2D eigenvalue weighted by atomic mass is 16.5. The van der Waals surface area contributed by atoms with Crippen LogP contribution in [-0.2, 0) is 13.1 Å². The number of rotatable bonds is 6. The predicted octanol–water partition coefficient (Wildman–Crippen LogP) is 4.49. The van der Waals surface area contributed by atoms with E-state index in [4.69, 9.17) is 4.74 Å². The van der Waals surface area contributed by atoms with Gasteiger partial charge in [-0.1, -0.05) is 12.1 Å². The second kappa shape index (κ2) is 9.38. The lowest BCUT2D eigenvalue weighted by molar-refractivity contribution is 0.262. The minimum Gasteiger partial charge on any atom is -0.495 e. The molecule has 1 aliphatic rings. The Morgan fingerprint density at radius 3 is 2.22 bits per heavy atom. The van der Waals surface area contributed by atoms with Crippen molar-refractivity contribution in [1.82, 2.24) is 9.13 Å². The molecule has 1 aromatic heterocycles. The molecule has 2 aromatic carbocycles. The van der Waals surface area contributed by atoms with Crippen LogP contribution in [-0.4, -0.2) is 35.4 Å². The van der Waals surface area contributed by atoms with E-state index < -0.39 is 0 Å². The monoisotopic (exact) mass is 437 g/mol. The Labute approximate surface area is 187 Å². The van der Waals surface area contributed by atoms with Gasteiger partial charge in [-0.15, -0.1) is 0 Å². The van der Waals surface area contributed by atoms with E-state index in [0.717, 1.165) is 42.7 Å². The number of aryl methyl sites for hydroxylation is 2. The molecule has 32 heavy (non-hydrogen) atoms. The number of imidazole rings is 1. The molecule has 2 heterocycles. The number of urea groups is 1. The highest BCUT2D eigenvalue weighted by Crippen LogP contribution is 2.33. The molecule has 1 fully saturated rings. The van der Waals surface area contributed by atoms with E-state index in [1.807, 2.05) is 32.0 Å². The summed E-state index contributed by atoms with van der Waals surface area (Å²) in [5.41, 5.74) is 3.94. The SMILES string of the molecule is CCn1c(=O)n(CC)c2cc(N3CCCCC3)c(NC(=O)Nc3ccccc3OC)cc21. The minimum absolute atomic E-state index is 0.0229. The van der Waals surface area contributed by atoms with Crippen molar-refractivity contribution in [3.05, 3.63) is 46.9 Å². The van der Waals surface area contributed by atoms with Gasteiger partial charge in [-0.3, -0.25) is 9.13 Å². The van der Waals surface area contributed by atoms with E-state index in [-0.39, 0.29) is 11.7 Å². The van der Waals surface area contributed by atoms with Gasteiger partial charge in [0.25, 0.3) is 0 Å². The van der Waals surface area contributed by atoms with Crippen molar-refractivity contribution in [2.24, 2.45) is 0 Å². The van der Waals surface area contributed by atoms with Gasteiger partial charge in [0.05, 0.1) is 35.2 Å². The summed E-state index contributed by atoms with van der Waals surface area (Å²) in [7, 11) is 1.57. The molecule has 0 spiro atoms. The van der Waals surface area contributed by atoms with Crippen molar-refractivity contribution in [2.75, 3.05) is 35.7 Å². The average Bonchev–Trinajstić information content (AvgIpc) is 3.08. The number of carbonyl (C=O) groups is 1. The number of piperidine rings is 1. The maximum absolute atomic E-state index is 12.9. The summed E-state index contributed by atoms with van der Waals surface area (Å²) in [4.78, 5) is 28.1. The number of benzene rings is 2. The van der Waals surface area contributed by atoms with Crippen LogP contribution in [0, 0.1) is 0 Å². The van der Waals surface area contributed by atoms with Crippen molar-refractivity contribution in [2.45, 2.75) is 46.2 Å². The summed E-state index contributed by atoms with van der Waals surface area (Å²) in [5, 5.41) is 5.90. The maximum atomic E-state index is 12.9. The molecular formula is C24H31N5O3. The second-order valence-electron chi connectivity index (χ2n) is 7.96. The molecule has 0 aliphatic carbocycles. The number of fused-ring (bicyclic) bond motifs is 1. The Morgan fingerprint density at radius 1 is 0.938 bits per heavy atom. The fraction of sp³-hybridized carbons (Fsp3) is 0.417. The topological polar surface area (TPSA) is 80.5 Å². The molecule has 2 N–H and O–H groups in total. The number of methoxy groups -OCH3 is 1. The molecule has 8 nitrogen and oxygen atoms in total. The third-order valence-electron chi connectivity index (χ3n) is 6.07. The van der Waals surface area contributed by atoms with Gasteiger partial charge in [0.1, 0.15) is 5.75 Å². The number of anilines is 3. The Bertz CT molecular complexity index is 1170. The van der Waals surface area contributed by atoms with E-state index in [2.05, 4.69) is 21.6 Å². The summed E-state index contributed by atoms with van der Waals surface area (Å²) >= 11 is 0. The molecule has 0 radical (unpaired) electrons. The molecule has 0 unspecified atom stereocenters. The highest BCUT2D eigenvalue weighted by molar-refractivity contribution is 6.04. The summed E-state index contributed by atoms with van der Waals surface area (Å²) in [6, 6.07) is 10.9. The first-order valence-electron chi connectivity index (χ1n) is 11.3. The van der Waals surface area contributed by atoms with Crippen molar-refractivity contribution in [3.8, 4) is 5.75 Å². The van der Waals surface area contributed by atoms with E-state index >= 15 is 0 Å². The molecular weight excluding hydrogens is 406 g/mol. The Kier molecular flexibility index (Phi) is 6.39. The van der Waals surface area contributed by atoms with Crippen LogP contribution in [0.5, 0.6) is 5.75 Å². The number of aromatic nitrogens is 2. The summed E-state index contributed by atoms with van der Waals surface area (Å²) in [5.74, 6) is 0.592. The average molecular weight is 438 g/mol. The van der Waals surface area contributed by atoms with Gasteiger partial charge in [0, 0.05) is 26.2 Å². The molecule has 170 valence electrons. The zero-order valence-electron chi connectivity index (χ0n) is 19.0. The first kappa shape index (κ1) is 21.8. The fourth-order valence-corrected chi connectivity index (χ4v) is 4.48. The number of para-hydroxylation sites is 2. The first-order chi connectivity index (χ1) is 15.6. The predicted molar refractivity (Wildman–Crippen MR) is 129 cm³/mol. The standard InChI is InChI=1S/C24H31N5O3/c1-4-28-20-15-18(26-23(30)25-17-11-7-8-12-22(17)32-3)19(27-13-9-6-10-14-27)16-21(20)29(5-2)24(28)31/h7-8,11-12,15-16H,4-6,9-10,13-14H2,1-3H3,(H2,25,26,30). The lowest BCUT2D eigenvalue weighted by Crippen LogP contribution is -2.31. The Morgan fingerprint density at radius 2 is 1.56 bits per heavy atom. The lowest BCUT2D eigenvalue weighted by atomic mass is 10.1. The number of ether oxygens (including phenoxy) is 1. The van der Waals surface area contributed by atoms with Crippen molar-refractivity contribution in [1.29, 1.82) is 0 Å². The van der Waals surface area contributed by atoms with Gasteiger partial charge in [0.15, 0.2) is 0 Å². The van der Waals surface area contributed by atoms with Gasteiger partial charge in [-0.25, -0.2) is 9.59 Å². The molecule has 0 saturated carbocycles. The molecule has 1 saturated heterocycles. The number of nitrogens with zero attached hydrogens (tertiary/aromatic N) is 3. The fourth-order valence-electron chi connectivity index (χ4n) is 4.48. The van der Waals surface area contributed by atoms with Gasteiger partial charge in [-0.05, 0) is 57.4 Å². The van der Waals surface area contributed by atoms with Crippen LogP contribution in [0.3, 0.4) is 0 Å². The largest absolute Gasteiger partial charge is 0.495 e. The first-order valence-corrected chi connectivity index (χ1v) is 11.3. The van der Waals surface area contributed by atoms with Crippen LogP contribution >= 0.6 is 0 Å². The minimum atomic E-state index is -0.354. The van der Waals surface area contributed by atoms with Crippen LogP contribution in [0.25, 0.3) is 11.0 Å². The van der Waals surface area contributed by atoms with Crippen LogP contribution in [0.1, 0.15) is 33.1 Å². The van der Waals surface area contributed by atoms with Crippen LogP contribution in [0.2, 0.25) is 0 Å². The summed E-state index contributed by atoms with van der Waals surface area (Å²) in [6.45, 7) is 6.97. The number of amides is 2. The quantitative estimate of drug-likeness (QED) is 0.596.